The molecule has 1 aromatic carbocycles. The number of likely N-dealkylation sites (N-methyl/N-ethyl adjacent to an activating group) is 1. The van der Waals surface area contributed by atoms with Crippen LogP contribution in [0.3, 0.4) is 0 Å². The maximum absolute atomic E-state index is 12.8. The SMILES string of the molecule is CN(CC[C@@H]1CCCCO1)C(=O)C1(c2ccc(Cl)cc2)CC1. The standard InChI is InChI=1S/C18H24ClNO2/c1-20(12-9-16-4-2-3-13-22-16)17(21)18(10-11-18)14-5-7-15(19)8-6-14/h5-8,16H,2-4,9-13H2,1H3/t16-/m0/s1. The molecule has 1 aliphatic heterocycles. The quantitative estimate of drug-likeness (QED) is 0.825. The van der Waals surface area contributed by atoms with Gasteiger partial charge in [-0.05, 0) is 56.2 Å². The summed E-state index contributed by atoms with van der Waals surface area (Å²) in [5.41, 5.74) is 0.801. The van der Waals surface area contributed by atoms with E-state index < -0.39 is 0 Å². The van der Waals surface area contributed by atoms with Gasteiger partial charge < -0.3 is 9.64 Å². The van der Waals surface area contributed by atoms with Crippen LogP contribution in [0.25, 0.3) is 0 Å². The van der Waals surface area contributed by atoms with Crippen molar-refractivity contribution < 1.29 is 9.53 Å². The van der Waals surface area contributed by atoms with Crippen LogP contribution in [0.4, 0.5) is 0 Å². The molecule has 1 aromatic rings. The van der Waals surface area contributed by atoms with E-state index in [2.05, 4.69) is 0 Å². The Labute approximate surface area is 137 Å². The van der Waals surface area contributed by atoms with Crippen molar-refractivity contribution in [3.05, 3.63) is 34.9 Å². The fraction of sp³-hybridized carbons (Fsp3) is 0.611. The number of ether oxygens (including phenoxy) is 1. The smallest absolute Gasteiger partial charge is 0.232 e. The summed E-state index contributed by atoms with van der Waals surface area (Å²) < 4.78 is 5.75. The Morgan fingerprint density at radius 1 is 1.32 bits per heavy atom. The molecule has 4 heteroatoms. The molecule has 0 unspecified atom stereocenters. The summed E-state index contributed by atoms with van der Waals surface area (Å²) in [5.74, 6) is 0.241. The lowest BCUT2D eigenvalue weighted by Gasteiger charge is -2.27. The van der Waals surface area contributed by atoms with E-state index in [4.69, 9.17) is 16.3 Å². The molecule has 0 aromatic heterocycles. The topological polar surface area (TPSA) is 29.5 Å². The van der Waals surface area contributed by atoms with E-state index in [-0.39, 0.29) is 11.3 Å². The van der Waals surface area contributed by atoms with Crippen molar-refractivity contribution >= 4 is 17.5 Å². The van der Waals surface area contributed by atoms with Gasteiger partial charge in [-0.25, -0.2) is 0 Å². The molecule has 1 aliphatic carbocycles. The molecule has 1 saturated heterocycles. The lowest BCUT2D eigenvalue weighted by atomic mass is 9.94. The minimum atomic E-state index is -0.299. The van der Waals surface area contributed by atoms with Crippen LogP contribution in [0, 0.1) is 0 Å². The summed E-state index contributed by atoms with van der Waals surface area (Å²) >= 11 is 5.95. The Hall–Kier alpha value is -1.06. The van der Waals surface area contributed by atoms with Gasteiger partial charge in [0, 0.05) is 25.2 Å². The summed E-state index contributed by atoms with van der Waals surface area (Å²) in [6.07, 6.45) is 6.70. The van der Waals surface area contributed by atoms with Crippen molar-refractivity contribution in [2.75, 3.05) is 20.2 Å². The summed E-state index contributed by atoms with van der Waals surface area (Å²) in [5, 5.41) is 0.717. The first kappa shape index (κ1) is 15.8. The van der Waals surface area contributed by atoms with Crippen LogP contribution in [-0.4, -0.2) is 37.1 Å². The summed E-state index contributed by atoms with van der Waals surface area (Å²) in [4.78, 5) is 14.7. The van der Waals surface area contributed by atoms with Gasteiger partial charge in [-0.3, -0.25) is 4.79 Å². The molecule has 0 spiro atoms. The minimum absolute atomic E-state index is 0.241. The number of amides is 1. The van der Waals surface area contributed by atoms with Crippen molar-refractivity contribution in [2.24, 2.45) is 0 Å². The van der Waals surface area contributed by atoms with Crippen LogP contribution < -0.4 is 0 Å². The highest BCUT2D eigenvalue weighted by atomic mass is 35.5. The van der Waals surface area contributed by atoms with E-state index in [1.54, 1.807) is 0 Å². The molecular weight excluding hydrogens is 298 g/mol. The zero-order valence-electron chi connectivity index (χ0n) is 13.2. The summed E-state index contributed by atoms with van der Waals surface area (Å²) in [6.45, 7) is 1.65. The van der Waals surface area contributed by atoms with Gasteiger partial charge in [0.25, 0.3) is 0 Å². The Morgan fingerprint density at radius 3 is 2.64 bits per heavy atom. The van der Waals surface area contributed by atoms with Gasteiger partial charge in [-0.2, -0.15) is 0 Å². The number of rotatable bonds is 5. The van der Waals surface area contributed by atoms with Crippen LogP contribution in [0.15, 0.2) is 24.3 Å². The van der Waals surface area contributed by atoms with Crippen LogP contribution >= 0.6 is 11.6 Å². The van der Waals surface area contributed by atoms with Crippen LogP contribution in [0.1, 0.15) is 44.1 Å². The van der Waals surface area contributed by atoms with Crippen molar-refractivity contribution in [3.8, 4) is 0 Å². The third-order valence-corrected chi connectivity index (χ3v) is 5.22. The molecule has 1 amide bonds. The van der Waals surface area contributed by atoms with E-state index in [0.717, 1.165) is 49.4 Å². The van der Waals surface area contributed by atoms with Crippen molar-refractivity contribution in [2.45, 2.75) is 50.0 Å². The molecule has 0 N–H and O–H groups in total. The Kier molecular flexibility index (Phi) is 4.74. The predicted octanol–water partition coefficient (Wildman–Crippen LogP) is 3.79. The molecule has 1 heterocycles. The number of nitrogens with zero attached hydrogens (tertiary/aromatic N) is 1. The first-order valence-corrected chi connectivity index (χ1v) is 8.63. The number of halogens is 1. The first-order chi connectivity index (χ1) is 10.6. The second kappa shape index (κ2) is 6.59. The van der Waals surface area contributed by atoms with E-state index in [1.807, 2.05) is 36.2 Å². The van der Waals surface area contributed by atoms with E-state index in [0.29, 0.717) is 6.10 Å². The Morgan fingerprint density at radius 2 is 2.05 bits per heavy atom. The highest BCUT2D eigenvalue weighted by molar-refractivity contribution is 6.30. The largest absolute Gasteiger partial charge is 0.378 e. The lowest BCUT2D eigenvalue weighted by Crippen LogP contribution is -2.38. The van der Waals surface area contributed by atoms with Gasteiger partial charge >= 0.3 is 0 Å². The van der Waals surface area contributed by atoms with Gasteiger partial charge in [-0.1, -0.05) is 23.7 Å². The number of hydrogen-bond donors (Lipinski definition) is 0. The van der Waals surface area contributed by atoms with Crippen molar-refractivity contribution in [1.82, 2.24) is 4.90 Å². The van der Waals surface area contributed by atoms with Crippen LogP contribution in [-0.2, 0) is 14.9 Å². The van der Waals surface area contributed by atoms with E-state index >= 15 is 0 Å². The fourth-order valence-electron chi connectivity index (χ4n) is 3.36. The highest BCUT2D eigenvalue weighted by Crippen LogP contribution is 2.49. The molecule has 2 aliphatic rings. The van der Waals surface area contributed by atoms with E-state index in [1.165, 1.54) is 12.8 Å². The molecule has 0 bridgehead atoms. The molecule has 2 fully saturated rings. The second-order valence-corrected chi connectivity index (χ2v) is 7.03. The Bertz CT molecular complexity index is 518. The van der Waals surface area contributed by atoms with Gasteiger partial charge in [-0.15, -0.1) is 0 Å². The summed E-state index contributed by atoms with van der Waals surface area (Å²) in [6, 6.07) is 7.73. The monoisotopic (exact) mass is 321 g/mol. The number of carbonyl (C=O) groups excluding carboxylic acids is 1. The molecule has 1 atom stereocenters. The van der Waals surface area contributed by atoms with Crippen molar-refractivity contribution in [1.29, 1.82) is 0 Å². The fourth-order valence-corrected chi connectivity index (χ4v) is 3.49. The van der Waals surface area contributed by atoms with Gasteiger partial charge in [0.05, 0.1) is 11.5 Å². The molecule has 1 saturated carbocycles. The maximum Gasteiger partial charge on any atom is 0.232 e. The minimum Gasteiger partial charge on any atom is -0.378 e. The highest BCUT2D eigenvalue weighted by Gasteiger charge is 2.52. The summed E-state index contributed by atoms with van der Waals surface area (Å²) in [7, 11) is 1.92. The average molecular weight is 322 g/mol. The number of carbonyl (C=O) groups is 1. The molecule has 22 heavy (non-hydrogen) atoms. The first-order valence-electron chi connectivity index (χ1n) is 8.25. The average Bonchev–Trinajstić information content (AvgIpc) is 3.35. The van der Waals surface area contributed by atoms with Gasteiger partial charge in [0.2, 0.25) is 5.91 Å². The maximum atomic E-state index is 12.8. The predicted molar refractivity (Wildman–Crippen MR) is 88.2 cm³/mol. The van der Waals surface area contributed by atoms with E-state index in [9.17, 15) is 4.79 Å². The normalized spacial score (nSPS) is 23.1. The Balaban J connectivity index is 1.59. The zero-order chi connectivity index (χ0) is 15.6. The number of hydrogen-bond acceptors (Lipinski definition) is 2. The van der Waals surface area contributed by atoms with Gasteiger partial charge in [0.15, 0.2) is 0 Å². The molecule has 120 valence electrons. The molecule has 3 nitrogen and oxygen atoms in total. The molecule has 0 radical (unpaired) electrons. The molecular formula is C18H24ClNO2. The third-order valence-electron chi connectivity index (χ3n) is 4.96. The third kappa shape index (κ3) is 3.31. The lowest BCUT2D eigenvalue weighted by molar-refractivity contribution is -0.133. The number of benzene rings is 1. The zero-order valence-corrected chi connectivity index (χ0v) is 13.9. The van der Waals surface area contributed by atoms with Gasteiger partial charge in [0.1, 0.15) is 0 Å². The van der Waals surface area contributed by atoms with Crippen LogP contribution in [0.2, 0.25) is 5.02 Å². The molecule has 3 rings (SSSR count). The second-order valence-electron chi connectivity index (χ2n) is 6.59. The van der Waals surface area contributed by atoms with Crippen molar-refractivity contribution in [3.63, 3.8) is 0 Å². The van der Waals surface area contributed by atoms with Crippen LogP contribution in [0.5, 0.6) is 0 Å².